The van der Waals surface area contributed by atoms with Crippen LogP contribution in [-0.2, 0) is 4.79 Å². The van der Waals surface area contributed by atoms with Crippen molar-refractivity contribution >= 4 is 5.91 Å². The second kappa shape index (κ2) is 4.27. The summed E-state index contributed by atoms with van der Waals surface area (Å²) in [6.45, 7) is 3.49. The van der Waals surface area contributed by atoms with Crippen molar-refractivity contribution in [2.45, 2.75) is 45.1 Å². The van der Waals surface area contributed by atoms with Gasteiger partial charge in [0.25, 0.3) is 0 Å². The lowest BCUT2D eigenvalue weighted by Crippen LogP contribution is -2.46. The van der Waals surface area contributed by atoms with Crippen molar-refractivity contribution in [2.75, 3.05) is 13.1 Å². The number of fused-ring (bicyclic) bond motifs is 1. The maximum absolute atomic E-state index is 12.4. The van der Waals surface area contributed by atoms with E-state index in [-0.39, 0.29) is 6.10 Å². The van der Waals surface area contributed by atoms with Crippen LogP contribution < -0.4 is 0 Å². The van der Waals surface area contributed by atoms with Crippen molar-refractivity contribution in [3.63, 3.8) is 0 Å². The van der Waals surface area contributed by atoms with Gasteiger partial charge in [-0.3, -0.25) is 4.79 Å². The van der Waals surface area contributed by atoms with Gasteiger partial charge in [-0.2, -0.15) is 0 Å². The zero-order valence-corrected chi connectivity index (χ0v) is 10.6. The number of carbonyl (C=O) groups excluding carboxylic acids is 1. The molecule has 0 aromatic heterocycles. The smallest absolute Gasteiger partial charge is 0.226 e. The first-order valence-corrected chi connectivity index (χ1v) is 7.15. The van der Waals surface area contributed by atoms with E-state index in [9.17, 15) is 9.90 Å². The monoisotopic (exact) mass is 237 g/mol. The van der Waals surface area contributed by atoms with Crippen LogP contribution in [0.5, 0.6) is 0 Å². The third kappa shape index (κ3) is 1.99. The van der Waals surface area contributed by atoms with Gasteiger partial charge in [0.2, 0.25) is 5.91 Å². The van der Waals surface area contributed by atoms with Gasteiger partial charge in [-0.15, -0.1) is 0 Å². The quantitative estimate of drug-likeness (QED) is 0.753. The third-order valence-corrected chi connectivity index (χ3v) is 5.17. The largest absolute Gasteiger partial charge is 0.391 e. The molecule has 2 saturated carbocycles. The highest BCUT2D eigenvalue weighted by atomic mass is 16.3. The van der Waals surface area contributed by atoms with Gasteiger partial charge in [0.05, 0.1) is 6.10 Å². The molecular formula is C14H23NO2. The molecule has 1 N–H and O–H groups in total. The van der Waals surface area contributed by atoms with Crippen molar-refractivity contribution in [1.82, 2.24) is 4.90 Å². The van der Waals surface area contributed by atoms with Crippen molar-refractivity contribution in [2.24, 2.45) is 23.7 Å². The lowest BCUT2D eigenvalue weighted by molar-refractivity contribution is -0.137. The minimum atomic E-state index is -0.312. The number of piperidine rings is 1. The van der Waals surface area contributed by atoms with Crippen molar-refractivity contribution < 1.29 is 9.90 Å². The second-order valence-corrected chi connectivity index (χ2v) is 6.26. The number of likely N-dealkylation sites (tertiary alicyclic amines) is 1. The number of amides is 1. The first kappa shape index (κ1) is 11.5. The maximum Gasteiger partial charge on any atom is 0.226 e. The SMILES string of the molecule is CC1CCN(C(=O)C2C3CCCCC32)CC1O. The summed E-state index contributed by atoms with van der Waals surface area (Å²) in [5.74, 6) is 2.38. The summed E-state index contributed by atoms with van der Waals surface area (Å²) in [6.07, 6.45) is 5.78. The van der Waals surface area contributed by atoms with E-state index >= 15 is 0 Å². The fraction of sp³-hybridized carbons (Fsp3) is 0.929. The number of aliphatic hydroxyl groups excluding tert-OH is 1. The van der Waals surface area contributed by atoms with E-state index in [0.717, 1.165) is 13.0 Å². The summed E-state index contributed by atoms with van der Waals surface area (Å²) in [4.78, 5) is 14.3. The molecule has 0 bridgehead atoms. The van der Waals surface area contributed by atoms with Crippen LogP contribution in [-0.4, -0.2) is 35.1 Å². The highest BCUT2D eigenvalue weighted by Gasteiger charge is 2.56. The minimum absolute atomic E-state index is 0.312. The Labute approximate surface area is 103 Å². The molecular weight excluding hydrogens is 214 g/mol. The number of aliphatic hydroxyl groups is 1. The molecule has 3 rings (SSSR count). The normalized spacial score (nSPS) is 45.3. The molecule has 3 nitrogen and oxygen atoms in total. The Bertz CT molecular complexity index is 305. The molecule has 0 aromatic carbocycles. The Hall–Kier alpha value is -0.570. The summed E-state index contributed by atoms with van der Waals surface area (Å²) < 4.78 is 0. The molecule has 3 aliphatic rings. The molecule has 4 atom stereocenters. The number of hydrogen-bond donors (Lipinski definition) is 1. The van der Waals surface area contributed by atoms with Crippen LogP contribution in [0, 0.1) is 23.7 Å². The maximum atomic E-state index is 12.4. The Morgan fingerprint density at radius 2 is 1.82 bits per heavy atom. The topological polar surface area (TPSA) is 40.5 Å². The number of β-amino-alcohol motifs (C(OH)–C–C–N with tert-alkyl or cyclic N) is 1. The van der Waals surface area contributed by atoms with Crippen LogP contribution >= 0.6 is 0 Å². The standard InChI is InChI=1S/C14H23NO2/c1-9-6-7-15(8-12(9)16)14(17)13-10-4-2-3-5-11(10)13/h9-13,16H,2-8H2,1H3. The fourth-order valence-electron chi connectivity index (χ4n) is 3.82. The number of rotatable bonds is 1. The number of carbonyl (C=O) groups is 1. The molecule has 0 radical (unpaired) electrons. The van der Waals surface area contributed by atoms with Gasteiger partial charge < -0.3 is 10.0 Å². The van der Waals surface area contributed by atoms with Crippen LogP contribution in [0.4, 0.5) is 0 Å². The summed E-state index contributed by atoms with van der Waals surface area (Å²) >= 11 is 0. The van der Waals surface area contributed by atoms with Gasteiger partial charge in [0, 0.05) is 19.0 Å². The summed E-state index contributed by atoms with van der Waals surface area (Å²) in [5.41, 5.74) is 0. The van der Waals surface area contributed by atoms with Crippen LogP contribution in [0.15, 0.2) is 0 Å². The molecule has 1 aliphatic heterocycles. The molecule has 3 heteroatoms. The van der Waals surface area contributed by atoms with E-state index in [4.69, 9.17) is 0 Å². The molecule has 96 valence electrons. The highest BCUT2D eigenvalue weighted by molar-refractivity contribution is 5.82. The Balaban J connectivity index is 1.60. The lowest BCUT2D eigenvalue weighted by Gasteiger charge is -2.34. The van der Waals surface area contributed by atoms with Crippen LogP contribution in [0.2, 0.25) is 0 Å². The van der Waals surface area contributed by atoms with E-state index in [2.05, 4.69) is 6.92 Å². The van der Waals surface area contributed by atoms with Gasteiger partial charge >= 0.3 is 0 Å². The summed E-state index contributed by atoms with van der Waals surface area (Å²) in [5, 5.41) is 9.86. The first-order valence-electron chi connectivity index (χ1n) is 7.15. The number of nitrogens with zero attached hydrogens (tertiary/aromatic N) is 1. The van der Waals surface area contributed by atoms with E-state index in [1.54, 1.807) is 0 Å². The van der Waals surface area contributed by atoms with Gasteiger partial charge in [-0.1, -0.05) is 19.8 Å². The molecule has 0 spiro atoms. The predicted octanol–water partition coefficient (Wildman–Crippen LogP) is 1.65. The van der Waals surface area contributed by atoms with Crippen LogP contribution in [0.1, 0.15) is 39.0 Å². The lowest BCUT2D eigenvalue weighted by atomic mass is 9.95. The number of hydrogen-bond acceptors (Lipinski definition) is 2. The molecule has 1 amide bonds. The average Bonchev–Trinajstić information content (AvgIpc) is 3.06. The zero-order chi connectivity index (χ0) is 12.0. The molecule has 0 aromatic rings. The van der Waals surface area contributed by atoms with Crippen molar-refractivity contribution in [3.8, 4) is 0 Å². The van der Waals surface area contributed by atoms with E-state index in [1.807, 2.05) is 4.90 Å². The van der Waals surface area contributed by atoms with E-state index < -0.39 is 0 Å². The first-order chi connectivity index (χ1) is 8.18. The van der Waals surface area contributed by atoms with E-state index in [0.29, 0.717) is 36.1 Å². The van der Waals surface area contributed by atoms with Crippen LogP contribution in [0.25, 0.3) is 0 Å². The van der Waals surface area contributed by atoms with Gasteiger partial charge in [0.15, 0.2) is 0 Å². The van der Waals surface area contributed by atoms with Crippen LogP contribution in [0.3, 0.4) is 0 Å². The van der Waals surface area contributed by atoms with E-state index in [1.165, 1.54) is 25.7 Å². The van der Waals surface area contributed by atoms with Gasteiger partial charge in [0.1, 0.15) is 0 Å². The molecule has 4 unspecified atom stereocenters. The van der Waals surface area contributed by atoms with Gasteiger partial charge in [-0.25, -0.2) is 0 Å². The Morgan fingerprint density at radius 1 is 1.18 bits per heavy atom. The van der Waals surface area contributed by atoms with Gasteiger partial charge in [-0.05, 0) is 37.0 Å². The summed E-state index contributed by atoms with van der Waals surface area (Å²) in [6, 6.07) is 0. The minimum Gasteiger partial charge on any atom is -0.391 e. The molecule has 2 aliphatic carbocycles. The Kier molecular flexibility index (Phi) is 2.89. The fourth-order valence-corrected chi connectivity index (χ4v) is 3.82. The molecule has 1 heterocycles. The second-order valence-electron chi connectivity index (χ2n) is 6.26. The molecule has 3 fully saturated rings. The highest BCUT2D eigenvalue weighted by Crippen LogP contribution is 2.56. The molecule has 1 saturated heterocycles. The zero-order valence-electron chi connectivity index (χ0n) is 10.6. The average molecular weight is 237 g/mol. The predicted molar refractivity (Wildman–Crippen MR) is 65.3 cm³/mol. The Morgan fingerprint density at radius 3 is 2.41 bits per heavy atom. The summed E-state index contributed by atoms with van der Waals surface area (Å²) in [7, 11) is 0. The van der Waals surface area contributed by atoms with Crippen molar-refractivity contribution in [1.29, 1.82) is 0 Å². The third-order valence-electron chi connectivity index (χ3n) is 5.17. The molecule has 17 heavy (non-hydrogen) atoms. The van der Waals surface area contributed by atoms with Crippen molar-refractivity contribution in [3.05, 3.63) is 0 Å².